The molecule has 0 saturated heterocycles. The van der Waals surface area contributed by atoms with Crippen molar-refractivity contribution in [1.82, 2.24) is 0 Å². The van der Waals surface area contributed by atoms with Crippen molar-refractivity contribution < 1.29 is 19.0 Å². The van der Waals surface area contributed by atoms with E-state index >= 15 is 0 Å². The van der Waals surface area contributed by atoms with E-state index in [0.717, 1.165) is 0 Å². The molecule has 5 nitrogen and oxygen atoms in total. The van der Waals surface area contributed by atoms with Crippen LogP contribution in [0.1, 0.15) is 32.4 Å². The van der Waals surface area contributed by atoms with Crippen LogP contribution < -0.4 is 11.1 Å². The first-order chi connectivity index (χ1) is 8.73. The summed E-state index contributed by atoms with van der Waals surface area (Å²) in [5.41, 5.74) is 5.65. The second kappa shape index (κ2) is 5.99. The van der Waals surface area contributed by atoms with Crippen molar-refractivity contribution in [3.63, 3.8) is 0 Å². The molecule has 0 bridgehead atoms. The predicted octanol–water partition coefficient (Wildman–Crippen LogP) is 2.16. The van der Waals surface area contributed by atoms with Crippen molar-refractivity contribution in [1.29, 1.82) is 0 Å². The van der Waals surface area contributed by atoms with Crippen molar-refractivity contribution in [2.45, 2.75) is 32.4 Å². The maximum absolute atomic E-state index is 13.2. The zero-order valence-corrected chi connectivity index (χ0v) is 11.2. The number of amides is 1. The Kier molecular flexibility index (Phi) is 4.85. The first kappa shape index (κ1) is 15.4. The van der Waals surface area contributed by atoms with Crippen LogP contribution in [-0.4, -0.2) is 23.4 Å². The van der Waals surface area contributed by atoms with Crippen LogP contribution in [0.5, 0.6) is 0 Å². The zero-order chi connectivity index (χ0) is 14.6. The zero-order valence-electron chi connectivity index (χ0n) is 11.2. The van der Waals surface area contributed by atoms with E-state index in [2.05, 4.69) is 5.32 Å². The monoisotopic (exact) mass is 270 g/mol. The number of aliphatic hydroxyl groups is 1. The molecule has 1 unspecified atom stereocenters. The van der Waals surface area contributed by atoms with Gasteiger partial charge in [-0.1, -0.05) is 0 Å². The molecule has 0 heterocycles. The van der Waals surface area contributed by atoms with Crippen LogP contribution >= 0.6 is 0 Å². The van der Waals surface area contributed by atoms with Gasteiger partial charge in [0.1, 0.15) is 11.4 Å². The summed E-state index contributed by atoms with van der Waals surface area (Å²) in [7, 11) is 0. The van der Waals surface area contributed by atoms with Gasteiger partial charge in [0.25, 0.3) is 0 Å². The Labute approximate surface area is 111 Å². The van der Waals surface area contributed by atoms with E-state index in [4.69, 9.17) is 15.6 Å². The van der Waals surface area contributed by atoms with Crippen LogP contribution in [0.25, 0.3) is 0 Å². The van der Waals surface area contributed by atoms with Crippen LogP contribution in [0.4, 0.5) is 14.9 Å². The molecular formula is C13H19FN2O3. The largest absolute Gasteiger partial charge is 0.444 e. The topological polar surface area (TPSA) is 84.6 Å². The number of carbonyl (C=O) groups is 1. The SMILES string of the molecule is CC(C)(C)OC(=O)Nc1ccc(F)cc1C(N)CO. The van der Waals surface area contributed by atoms with Gasteiger partial charge in [-0.2, -0.15) is 0 Å². The second-order valence-corrected chi connectivity index (χ2v) is 5.15. The molecule has 1 atom stereocenters. The van der Waals surface area contributed by atoms with Gasteiger partial charge >= 0.3 is 6.09 Å². The summed E-state index contributed by atoms with van der Waals surface area (Å²) < 4.78 is 18.3. The Balaban J connectivity index is 2.91. The van der Waals surface area contributed by atoms with Crippen molar-refractivity contribution in [2.75, 3.05) is 11.9 Å². The van der Waals surface area contributed by atoms with E-state index in [9.17, 15) is 9.18 Å². The fourth-order valence-electron chi connectivity index (χ4n) is 1.47. The number of aliphatic hydroxyl groups excluding tert-OH is 1. The molecule has 106 valence electrons. The molecule has 0 aromatic heterocycles. The van der Waals surface area contributed by atoms with Gasteiger partial charge < -0.3 is 15.6 Å². The van der Waals surface area contributed by atoms with Crippen molar-refractivity contribution in [2.24, 2.45) is 5.73 Å². The number of carbonyl (C=O) groups excluding carboxylic acids is 1. The van der Waals surface area contributed by atoms with Crippen molar-refractivity contribution in [3.05, 3.63) is 29.6 Å². The number of nitrogens with one attached hydrogen (secondary N) is 1. The second-order valence-electron chi connectivity index (χ2n) is 5.15. The first-order valence-corrected chi connectivity index (χ1v) is 5.89. The van der Waals surface area contributed by atoms with E-state index in [1.807, 2.05) is 0 Å². The smallest absolute Gasteiger partial charge is 0.412 e. The van der Waals surface area contributed by atoms with Gasteiger partial charge in [0.05, 0.1) is 12.6 Å². The van der Waals surface area contributed by atoms with Gasteiger partial charge in [-0.3, -0.25) is 5.32 Å². The molecule has 1 aromatic rings. The van der Waals surface area contributed by atoms with Crippen LogP contribution in [0.3, 0.4) is 0 Å². The summed E-state index contributed by atoms with van der Waals surface area (Å²) in [5, 5.41) is 11.5. The predicted molar refractivity (Wildman–Crippen MR) is 70.3 cm³/mol. The summed E-state index contributed by atoms with van der Waals surface area (Å²) in [6.07, 6.45) is -0.662. The van der Waals surface area contributed by atoms with Crippen molar-refractivity contribution >= 4 is 11.8 Å². The van der Waals surface area contributed by atoms with Crippen molar-refractivity contribution in [3.8, 4) is 0 Å². The fraction of sp³-hybridized carbons (Fsp3) is 0.462. The highest BCUT2D eigenvalue weighted by atomic mass is 19.1. The molecule has 0 aliphatic rings. The highest BCUT2D eigenvalue weighted by Crippen LogP contribution is 2.23. The van der Waals surface area contributed by atoms with Crippen LogP contribution in [-0.2, 0) is 4.74 Å². The molecule has 1 amide bonds. The summed E-state index contributed by atoms with van der Waals surface area (Å²) >= 11 is 0. The summed E-state index contributed by atoms with van der Waals surface area (Å²) in [5.74, 6) is -0.492. The maximum Gasteiger partial charge on any atom is 0.412 e. The Morgan fingerprint density at radius 2 is 2.16 bits per heavy atom. The van der Waals surface area contributed by atoms with E-state index in [1.165, 1.54) is 18.2 Å². The van der Waals surface area contributed by atoms with Gasteiger partial charge in [0.2, 0.25) is 0 Å². The van der Waals surface area contributed by atoms with Gasteiger partial charge in [-0.05, 0) is 44.5 Å². The highest BCUT2D eigenvalue weighted by molar-refractivity contribution is 5.86. The average Bonchev–Trinajstić information content (AvgIpc) is 2.28. The van der Waals surface area contributed by atoms with E-state index in [-0.39, 0.29) is 6.61 Å². The number of rotatable bonds is 3. The molecule has 0 aliphatic carbocycles. The minimum Gasteiger partial charge on any atom is -0.444 e. The number of nitrogens with two attached hydrogens (primary N) is 1. The molecule has 0 saturated carbocycles. The normalized spacial score (nSPS) is 12.9. The Hall–Kier alpha value is -1.66. The standard InChI is InChI=1S/C13H19FN2O3/c1-13(2,3)19-12(18)16-11-5-4-8(14)6-9(11)10(15)7-17/h4-6,10,17H,7,15H2,1-3H3,(H,16,18). The molecule has 0 fully saturated rings. The molecule has 0 aliphatic heterocycles. The van der Waals surface area contributed by atoms with E-state index in [1.54, 1.807) is 20.8 Å². The molecule has 6 heteroatoms. The lowest BCUT2D eigenvalue weighted by molar-refractivity contribution is 0.0635. The van der Waals surface area contributed by atoms with Crippen LogP contribution in [0, 0.1) is 5.82 Å². The lowest BCUT2D eigenvalue weighted by atomic mass is 10.1. The minimum atomic E-state index is -0.777. The Morgan fingerprint density at radius 1 is 1.53 bits per heavy atom. The van der Waals surface area contributed by atoms with Crippen LogP contribution in [0.2, 0.25) is 0 Å². The lowest BCUT2D eigenvalue weighted by Gasteiger charge is -2.21. The van der Waals surface area contributed by atoms with E-state index in [0.29, 0.717) is 11.3 Å². The number of anilines is 1. The number of hydrogen-bond acceptors (Lipinski definition) is 4. The number of halogens is 1. The number of hydrogen-bond donors (Lipinski definition) is 3. The Bertz CT molecular complexity index is 458. The van der Waals surface area contributed by atoms with Gasteiger partial charge in [0, 0.05) is 5.69 Å². The fourth-order valence-corrected chi connectivity index (χ4v) is 1.47. The lowest BCUT2D eigenvalue weighted by Crippen LogP contribution is -2.28. The molecule has 19 heavy (non-hydrogen) atoms. The van der Waals surface area contributed by atoms with Gasteiger partial charge in [-0.15, -0.1) is 0 Å². The molecule has 1 rings (SSSR count). The number of benzene rings is 1. The van der Waals surface area contributed by atoms with Gasteiger partial charge in [0.15, 0.2) is 0 Å². The summed E-state index contributed by atoms with van der Waals surface area (Å²) in [4.78, 5) is 11.6. The quantitative estimate of drug-likeness (QED) is 0.785. The first-order valence-electron chi connectivity index (χ1n) is 5.89. The third-order valence-electron chi connectivity index (χ3n) is 2.25. The molecule has 0 spiro atoms. The van der Waals surface area contributed by atoms with Crippen LogP contribution in [0.15, 0.2) is 18.2 Å². The maximum atomic E-state index is 13.2. The third kappa shape index (κ3) is 4.84. The highest BCUT2D eigenvalue weighted by Gasteiger charge is 2.18. The molecule has 0 radical (unpaired) electrons. The molecular weight excluding hydrogens is 251 g/mol. The Morgan fingerprint density at radius 3 is 2.68 bits per heavy atom. The molecule has 1 aromatic carbocycles. The average molecular weight is 270 g/mol. The summed E-state index contributed by atoms with van der Waals surface area (Å²) in [6.45, 7) is 4.85. The summed E-state index contributed by atoms with van der Waals surface area (Å²) in [6, 6.07) is 2.97. The minimum absolute atomic E-state index is 0.313. The van der Waals surface area contributed by atoms with Gasteiger partial charge in [-0.25, -0.2) is 9.18 Å². The molecule has 4 N–H and O–H groups in total. The third-order valence-corrected chi connectivity index (χ3v) is 2.25. The van der Waals surface area contributed by atoms with E-state index < -0.39 is 23.6 Å². The number of ether oxygens (including phenoxy) is 1.